The lowest BCUT2D eigenvalue weighted by molar-refractivity contribution is -0.131. The monoisotopic (exact) mass is 332 g/mol. The molecular weight excluding hydrogens is 304 g/mol. The topological polar surface area (TPSA) is 58.6 Å². The van der Waals surface area contributed by atoms with Crippen LogP contribution in [0, 0.1) is 11.8 Å². The maximum atomic E-state index is 12.3. The Balaban J connectivity index is 1.73. The highest BCUT2D eigenvalue weighted by atomic mass is 16.5. The number of carbonyl (C=O) groups is 2. The van der Waals surface area contributed by atoms with Gasteiger partial charge in [0.15, 0.2) is 0 Å². The molecule has 0 aromatic heterocycles. The number of amides is 2. The third-order valence-electron chi connectivity index (χ3n) is 4.83. The average molecular weight is 332 g/mol. The fourth-order valence-corrected chi connectivity index (χ4v) is 2.77. The quantitative estimate of drug-likeness (QED) is 0.794. The van der Waals surface area contributed by atoms with Gasteiger partial charge in [0.25, 0.3) is 0 Å². The highest BCUT2D eigenvalue weighted by molar-refractivity contribution is 5.82. The van der Waals surface area contributed by atoms with E-state index in [-0.39, 0.29) is 23.8 Å². The average Bonchev–Trinajstić information content (AvgIpc) is 3.31. The van der Waals surface area contributed by atoms with E-state index in [1.165, 1.54) is 5.56 Å². The van der Waals surface area contributed by atoms with E-state index in [0.29, 0.717) is 18.9 Å². The van der Waals surface area contributed by atoms with E-state index in [4.69, 9.17) is 4.74 Å². The number of methoxy groups -OCH3 is 1. The second kappa shape index (κ2) is 8.18. The minimum atomic E-state index is 0.0557. The van der Waals surface area contributed by atoms with Gasteiger partial charge in [0.2, 0.25) is 11.8 Å². The van der Waals surface area contributed by atoms with Crippen LogP contribution >= 0.6 is 0 Å². The Morgan fingerprint density at radius 1 is 1.33 bits per heavy atom. The molecule has 1 aromatic rings. The van der Waals surface area contributed by atoms with E-state index in [1.54, 1.807) is 12.0 Å². The summed E-state index contributed by atoms with van der Waals surface area (Å²) in [6.45, 7) is 4.52. The van der Waals surface area contributed by atoms with Crippen molar-refractivity contribution < 1.29 is 14.3 Å². The minimum Gasteiger partial charge on any atom is -0.497 e. The highest BCUT2D eigenvalue weighted by Gasteiger charge is 2.38. The van der Waals surface area contributed by atoms with Crippen LogP contribution in [-0.4, -0.2) is 43.5 Å². The Bertz CT molecular complexity index is 570. The van der Waals surface area contributed by atoms with Crippen LogP contribution in [0.2, 0.25) is 0 Å². The molecule has 3 atom stereocenters. The van der Waals surface area contributed by atoms with Crippen molar-refractivity contribution in [3.05, 3.63) is 29.8 Å². The zero-order valence-electron chi connectivity index (χ0n) is 15.0. The molecule has 2 rings (SSSR count). The van der Waals surface area contributed by atoms with Crippen LogP contribution < -0.4 is 10.1 Å². The van der Waals surface area contributed by atoms with Crippen molar-refractivity contribution in [2.24, 2.45) is 11.8 Å². The number of ether oxygens (including phenoxy) is 1. The lowest BCUT2D eigenvalue weighted by atomic mass is 10.1. The van der Waals surface area contributed by atoms with Gasteiger partial charge in [0.05, 0.1) is 7.11 Å². The third-order valence-corrected chi connectivity index (χ3v) is 4.83. The van der Waals surface area contributed by atoms with Gasteiger partial charge in [-0.05, 0) is 43.4 Å². The van der Waals surface area contributed by atoms with Gasteiger partial charge < -0.3 is 15.0 Å². The van der Waals surface area contributed by atoms with Crippen molar-refractivity contribution in [1.82, 2.24) is 10.2 Å². The van der Waals surface area contributed by atoms with E-state index in [9.17, 15) is 9.59 Å². The normalized spacial score (nSPS) is 20.2. The Morgan fingerprint density at radius 2 is 1.96 bits per heavy atom. The van der Waals surface area contributed by atoms with Crippen LogP contribution in [0.3, 0.4) is 0 Å². The first-order chi connectivity index (χ1) is 11.4. The summed E-state index contributed by atoms with van der Waals surface area (Å²) in [7, 11) is 3.47. The number of nitrogens with zero attached hydrogens (tertiary/aromatic N) is 1. The number of benzene rings is 1. The second-order valence-corrected chi connectivity index (χ2v) is 6.77. The largest absolute Gasteiger partial charge is 0.497 e. The maximum Gasteiger partial charge on any atom is 0.224 e. The zero-order chi connectivity index (χ0) is 17.7. The molecule has 5 nitrogen and oxygen atoms in total. The SMILES string of the molecule is COc1ccc(C[C@H](C)N(C)C(=O)CCNC(=O)[C@H]2C[C@H]2C)cc1. The number of hydrogen-bond acceptors (Lipinski definition) is 3. The van der Waals surface area contributed by atoms with Crippen molar-refractivity contribution in [3.63, 3.8) is 0 Å². The molecular formula is C19H28N2O3. The summed E-state index contributed by atoms with van der Waals surface area (Å²) in [5.41, 5.74) is 1.17. The molecule has 5 heteroatoms. The van der Waals surface area contributed by atoms with E-state index in [1.807, 2.05) is 38.2 Å². The molecule has 0 heterocycles. The predicted molar refractivity (Wildman–Crippen MR) is 93.8 cm³/mol. The fourth-order valence-electron chi connectivity index (χ4n) is 2.77. The summed E-state index contributed by atoms with van der Waals surface area (Å²) in [5.74, 6) is 1.63. The fraction of sp³-hybridized carbons (Fsp3) is 0.579. The van der Waals surface area contributed by atoms with E-state index in [2.05, 4.69) is 12.2 Å². The molecule has 1 saturated carbocycles. The van der Waals surface area contributed by atoms with Gasteiger partial charge >= 0.3 is 0 Å². The van der Waals surface area contributed by atoms with E-state index < -0.39 is 0 Å². The van der Waals surface area contributed by atoms with Crippen molar-refractivity contribution >= 4 is 11.8 Å². The molecule has 1 N–H and O–H groups in total. The van der Waals surface area contributed by atoms with Crippen molar-refractivity contribution in [1.29, 1.82) is 0 Å². The van der Waals surface area contributed by atoms with Gasteiger partial charge in [-0.3, -0.25) is 9.59 Å². The number of likely N-dealkylation sites (N-methyl/N-ethyl adjacent to an activating group) is 1. The molecule has 132 valence electrons. The molecule has 1 aliphatic carbocycles. The van der Waals surface area contributed by atoms with Crippen LogP contribution in [0.5, 0.6) is 5.75 Å². The lowest BCUT2D eigenvalue weighted by Crippen LogP contribution is -2.38. The molecule has 0 unspecified atom stereocenters. The molecule has 0 aliphatic heterocycles. The van der Waals surface area contributed by atoms with Crippen molar-refractivity contribution in [3.8, 4) is 5.75 Å². The minimum absolute atomic E-state index is 0.0557. The molecule has 1 aliphatic rings. The molecule has 24 heavy (non-hydrogen) atoms. The third kappa shape index (κ3) is 4.98. The Hall–Kier alpha value is -2.04. The molecule has 0 bridgehead atoms. The van der Waals surface area contributed by atoms with Gasteiger partial charge in [0.1, 0.15) is 5.75 Å². The molecule has 0 spiro atoms. The first kappa shape index (κ1) is 18.3. The summed E-state index contributed by atoms with van der Waals surface area (Å²) in [4.78, 5) is 25.8. The van der Waals surface area contributed by atoms with Crippen LogP contribution in [0.1, 0.15) is 32.3 Å². The Labute approximate surface area is 144 Å². The van der Waals surface area contributed by atoms with Crippen molar-refractivity contribution in [2.75, 3.05) is 20.7 Å². The van der Waals surface area contributed by atoms with E-state index in [0.717, 1.165) is 18.6 Å². The Kier molecular flexibility index (Phi) is 6.23. The van der Waals surface area contributed by atoms with Gasteiger partial charge in [0, 0.05) is 32.0 Å². The summed E-state index contributed by atoms with van der Waals surface area (Å²) in [5, 5.41) is 2.86. The van der Waals surface area contributed by atoms with Crippen LogP contribution in [0.15, 0.2) is 24.3 Å². The Morgan fingerprint density at radius 3 is 2.50 bits per heavy atom. The second-order valence-electron chi connectivity index (χ2n) is 6.77. The summed E-state index contributed by atoms with van der Waals surface area (Å²) in [6, 6.07) is 8.00. The smallest absolute Gasteiger partial charge is 0.224 e. The number of nitrogens with one attached hydrogen (secondary N) is 1. The predicted octanol–water partition coefficient (Wildman–Crippen LogP) is 2.25. The maximum absolute atomic E-state index is 12.3. The highest BCUT2D eigenvalue weighted by Crippen LogP contribution is 2.37. The molecule has 0 saturated heterocycles. The first-order valence-corrected chi connectivity index (χ1v) is 8.58. The first-order valence-electron chi connectivity index (χ1n) is 8.58. The van der Waals surface area contributed by atoms with Crippen LogP contribution in [0.25, 0.3) is 0 Å². The van der Waals surface area contributed by atoms with Crippen LogP contribution in [0.4, 0.5) is 0 Å². The summed E-state index contributed by atoms with van der Waals surface area (Å²) in [6.07, 6.45) is 2.10. The molecule has 2 amide bonds. The number of carbonyl (C=O) groups excluding carboxylic acids is 2. The van der Waals surface area contributed by atoms with E-state index >= 15 is 0 Å². The standard InChI is InChI=1S/C19H28N2O3/c1-13-11-17(13)19(23)20-10-9-18(22)21(3)14(2)12-15-5-7-16(24-4)8-6-15/h5-8,13-14,17H,9-12H2,1-4H3,(H,20,23)/t13-,14+,17+/m1/s1. The van der Waals surface area contributed by atoms with Gasteiger partial charge in [-0.25, -0.2) is 0 Å². The van der Waals surface area contributed by atoms with Gasteiger partial charge in [-0.15, -0.1) is 0 Å². The molecule has 0 radical (unpaired) electrons. The number of rotatable bonds is 8. The number of hydrogen-bond donors (Lipinski definition) is 1. The van der Waals surface area contributed by atoms with Gasteiger partial charge in [-0.2, -0.15) is 0 Å². The molecule has 1 aromatic carbocycles. The summed E-state index contributed by atoms with van der Waals surface area (Å²) < 4.78 is 5.15. The van der Waals surface area contributed by atoms with Crippen molar-refractivity contribution in [2.45, 2.75) is 39.2 Å². The zero-order valence-corrected chi connectivity index (χ0v) is 15.0. The summed E-state index contributed by atoms with van der Waals surface area (Å²) >= 11 is 0. The van der Waals surface area contributed by atoms with Gasteiger partial charge in [-0.1, -0.05) is 19.1 Å². The van der Waals surface area contributed by atoms with Crippen LogP contribution in [-0.2, 0) is 16.0 Å². The lowest BCUT2D eigenvalue weighted by Gasteiger charge is -2.25. The molecule has 1 fully saturated rings.